The van der Waals surface area contributed by atoms with E-state index < -0.39 is 0 Å². The van der Waals surface area contributed by atoms with Crippen LogP contribution in [0.2, 0.25) is 0 Å². The maximum atomic E-state index is 11.4. The van der Waals surface area contributed by atoms with Crippen LogP contribution in [-0.4, -0.2) is 23.3 Å². The summed E-state index contributed by atoms with van der Waals surface area (Å²) in [5.41, 5.74) is 1.01. The predicted octanol–water partition coefficient (Wildman–Crippen LogP) is 1.36. The fourth-order valence-electron chi connectivity index (χ4n) is 1.73. The minimum absolute atomic E-state index is 0.0465. The normalized spacial score (nSPS) is 17.2. The molecular formula is C11H13NO3. The van der Waals surface area contributed by atoms with E-state index in [-0.39, 0.29) is 11.8 Å². The maximum Gasteiger partial charge on any atom is 0.229 e. The van der Waals surface area contributed by atoms with Gasteiger partial charge in [-0.15, -0.1) is 0 Å². The van der Waals surface area contributed by atoms with E-state index in [0.29, 0.717) is 32.2 Å². The topological polar surface area (TPSA) is 50.5 Å². The molecule has 4 nitrogen and oxygen atoms in total. The zero-order valence-corrected chi connectivity index (χ0v) is 8.44. The highest BCUT2D eigenvalue weighted by atomic mass is 16.3. The third-order valence-corrected chi connectivity index (χ3v) is 2.59. The average molecular weight is 207 g/mol. The summed E-state index contributed by atoms with van der Waals surface area (Å²) in [6, 6.07) is 1.85. The van der Waals surface area contributed by atoms with Gasteiger partial charge in [-0.25, -0.2) is 0 Å². The third kappa shape index (κ3) is 2.26. The molecule has 0 spiro atoms. The Kier molecular flexibility index (Phi) is 2.85. The Morgan fingerprint density at radius 2 is 2.00 bits per heavy atom. The zero-order valence-electron chi connectivity index (χ0n) is 8.44. The van der Waals surface area contributed by atoms with Gasteiger partial charge in [-0.1, -0.05) is 0 Å². The molecule has 1 aromatic heterocycles. The number of amides is 2. The van der Waals surface area contributed by atoms with E-state index in [4.69, 9.17) is 4.42 Å². The highest BCUT2D eigenvalue weighted by Gasteiger charge is 2.25. The highest BCUT2D eigenvalue weighted by molar-refractivity contribution is 5.97. The summed E-state index contributed by atoms with van der Waals surface area (Å²) in [6.07, 6.45) is 5.59. The quantitative estimate of drug-likeness (QED) is 0.703. The first kappa shape index (κ1) is 9.96. The van der Waals surface area contributed by atoms with Gasteiger partial charge in [-0.2, -0.15) is 0 Å². The van der Waals surface area contributed by atoms with Crippen molar-refractivity contribution in [1.82, 2.24) is 4.90 Å². The minimum Gasteiger partial charge on any atom is -0.472 e. The number of likely N-dealkylation sites (tertiary alicyclic amines) is 1. The van der Waals surface area contributed by atoms with Gasteiger partial charge in [0.25, 0.3) is 0 Å². The molecule has 1 aliphatic heterocycles. The van der Waals surface area contributed by atoms with Crippen LogP contribution in [0.25, 0.3) is 0 Å². The number of piperidine rings is 1. The smallest absolute Gasteiger partial charge is 0.229 e. The molecule has 1 aliphatic rings. The molecule has 4 heteroatoms. The first-order valence-corrected chi connectivity index (χ1v) is 5.11. The van der Waals surface area contributed by atoms with Gasteiger partial charge in [0.05, 0.1) is 12.5 Å². The Morgan fingerprint density at radius 3 is 2.60 bits per heavy atom. The average Bonchev–Trinajstić information content (AvgIpc) is 2.70. The Labute approximate surface area is 87.9 Å². The molecule has 0 bridgehead atoms. The number of nitrogens with zero attached hydrogens (tertiary/aromatic N) is 1. The summed E-state index contributed by atoms with van der Waals surface area (Å²) in [5, 5.41) is 0. The minimum atomic E-state index is -0.0465. The molecule has 0 unspecified atom stereocenters. The van der Waals surface area contributed by atoms with Crippen LogP contribution in [0.3, 0.4) is 0 Å². The van der Waals surface area contributed by atoms with Crippen LogP contribution in [0.15, 0.2) is 23.0 Å². The molecule has 80 valence electrons. The molecule has 0 N–H and O–H groups in total. The number of hydrogen-bond acceptors (Lipinski definition) is 3. The van der Waals surface area contributed by atoms with Crippen molar-refractivity contribution in [2.45, 2.75) is 25.7 Å². The summed E-state index contributed by atoms with van der Waals surface area (Å²) in [5.74, 6) is -0.0931. The van der Waals surface area contributed by atoms with Crippen molar-refractivity contribution in [3.63, 3.8) is 0 Å². The lowest BCUT2D eigenvalue weighted by Crippen LogP contribution is -2.41. The Bertz CT molecular complexity index is 340. The maximum absolute atomic E-state index is 11.4. The number of rotatable bonds is 3. The van der Waals surface area contributed by atoms with Crippen molar-refractivity contribution in [2.75, 3.05) is 6.54 Å². The number of furan rings is 1. The summed E-state index contributed by atoms with van der Waals surface area (Å²) < 4.78 is 4.92. The van der Waals surface area contributed by atoms with Crippen LogP contribution in [0.1, 0.15) is 24.8 Å². The van der Waals surface area contributed by atoms with Crippen LogP contribution in [0.4, 0.5) is 0 Å². The first-order valence-electron chi connectivity index (χ1n) is 5.11. The van der Waals surface area contributed by atoms with E-state index >= 15 is 0 Å². The second-order valence-corrected chi connectivity index (χ2v) is 3.67. The van der Waals surface area contributed by atoms with E-state index in [9.17, 15) is 9.59 Å². The Balaban J connectivity index is 1.92. The Morgan fingerprint density at radius 1 is 1.27 bits per heavy atom. The van der Waals surface area contributed by atoms with Gasteiger partial charge in [0, 0.05) is 19.4 Å². The number of carbonyl (C=O) groups excluding carboxylic acids is 2. The predicted molar refractivity (Wildman–Crippen MR) is 53.0 cm³/mol. The van der Waals surface area contributed by atoms with E-state index in [1.807, 2.05) is 6.07 Å². The molecule has 2 heterocycles. The molecule has 0 radical (unpaired) electrons. The highest BCUT2D eigenvalue weighted by Crippen LogP contribution is 2.13. The largest absolute Gasteiger partial charge is 0.472 e. The summed E-state index contributed by atoms with van der Waals surface area (Å²) in [4.78, 5) is 24.2. The van der Waals surface area contributed by atoms with Crippen LogP contribution >= 0.6 is 0 Å². The fraction of sp³-hybridized carbons (Fsp3) is 0.455. The summed E-state index contributed by atoms with van der Waals surface area (Å²) in [7, 11) is 0. The number of hydrogen-bond donors (Lipinski definition) is 0. The second-order valence-electron chi connectivity index (χ2n) is 3.67. The van der Waals surface area contributed by atoms with E-state index in [1.165, 1.54) is 4.90 Å². The van der Waals surface area contributed by atoms with Gasteiger partial charge >= 0.3 is 0 Å². The van der Waals surface area contributed by atoms with E-state index in [1.54, 1.807) is 12.5 Å². The van der Waals surface area contributed by atoms with Crippen LogP contribution in [0.5, 0.6) is 0 Å². The van der Waals surface area contributed by atoms with Gasteiger partial charge in [0.2, 0.25) is 11.8 Å². The number of carbonyl (C=O) groups is 2. The third-order valence-electron chi connectivity index (χ3n) is 2.59. The number of imide groups is 1. The molecule has 1 aromatic rings. The van der Waals surface area contributed by atoms with Crippen LogP contribution in [0, 0.1) is 0 Å². The second kappa shape index (κ2) is 4.29. The molecule has 0 aromatic carbocycles. The molecule has 15 heavy (non-hydrogen) atoms. The SMILES string of the molecule is O=C1CCCC(=O)N1CCc1ccoc1. The van der Waals surface area contributed by atoms with Gasteiger partial charge in [0.1, 0.15) is 0 Å². The zero-order chi connectivity index (χ0) is 10.7. The molecular weight excluding hydrogens is 194 g/mol. The van der Waals surface area contributed by atoms with Crippen LogP contribution in [-0.2, 0) is 16.0 Å². The molecule has 1 saturated heterocycles. The lowest BCUT2D eigenvalue weighted by atomic mass is 10.1. The van der Waals surface area contributed by atoms with Gasteiger partial charge in [-0.3, -0.25) is 14.5 Å². The van der Waals surface area contributed by atoms with Gasteiger partial charge < -0.3 is 4.42 Å². The molecule has 2 rings (SSSR count). The van der Waals surface area contributed by atoms with Crippen LogP contribution < -0.4 is 0 Å². The molecule has 0 atom stereocenters. The van der Waals surface area contributed by atoms with Crippen molar-refractivity contribution in [1.29, 1.82) is 0 Å². The summed E-state index contributed by atoms with van der Waals surface area (Å²) >= 11 is 0. The Hall–Kier alpha value is -1.58. The van der Waals surface area contributed by atoms with E-state index in [2.05, 4.69) is 0 Å². The van der Waals surface area contributed by atoms with Crippen molar-refractivity contribution in [3.8, 4) is 0 Å². The summed E-state index contributed by atoms with van der Waals surface area (Å²) in [6.45, 7) is 0.469. The monoisotopic (exact) mass is 207 g/mol. The van der Waals surface area contributed by atoms with Crippen molar-refractivity contribution in [2.24, 2.45) is 0 Å². The van der Waals surface area contributed by atoms with Gasteiger partial charge in [0.15, 0.2) is 0 Å². The van der Waals surface area contributed by atoms with Gasteiger partial charge in [-0.05, 0) is 24.5 Å². The molecule has 2 amide bonds. The molecule has 0 aliphatic carbocycles. The molecule has 1 fully saturated rings. The lowest BCUT2D eigenvalue weighted by Gasteiger charge is -2.24. The first-order chi connectivity index (χ1) is 7.27. The lowest BCUT2D eigenvalue weighted by molar-refractivity contribution is -0.147. The van der Waals surface area contributed by atoms with Crippen molar-refractivity contribution >= 4 is 11.8 Å². The fourth-order valence-corrected chi connectivity index (χ4v) is 1.73. The van der Waals surface area contributed by atoms with E-state index in [0.717, 1.165) is 5.56 Å². The standard InChI is InChI=1S/C11H13NO3/c13-10-2-1-3-11(14)12(10)6-4-9-5-7-15-8-9/h5,7-8H,1-4,6H2. The molecule has 0 saturated carbocycles. The van der Waals surface area contributed by atoms with Crippen molar-refractivity contribution < 1.29 is 14.0 Å². The van der Waals surface area contributed by atoms with Crippen molar-refractivity contribution in [3.05, 3.63) is 24.2 Å².